The standard InChI is InChI=1S/C22H30O4/c1-15(2)8-6-9-16(3)10-7-11-17(4)12-13-18-21(24)19(23)14-20(26-5)22(18)25/h8,10,12,14,24H,6-7,9,11,13H2,1-5H3/b16-10+,17-12+. The molecule has 0 fully saturated rings. The minimum absolute atomic E-state index is 0.0243. The summed E-state index contributed by atoms with van der Waals surface area (Å²) in [6.45, 7) is 8.35. The van der Waals surface area contributed by atoms with Gasteiger partial charge in [0.15, 0.2) is 11.5 Å². The molecule has 0 aliphatic heterocycles. The van der Waals surface area contributed by atoms with Crippen LogP contribution < -0.4 is 0 Å². The lowest BCUT2D eigenvalue weighted by Crippen LogP contribution is -2.20. The van der Waals surface area contributed by atoms with Gasteiger partial charge in [0.1, 0.15) is 0 Å². The number of hydrogen-bond acceptors (Lipinski definition) is 4. The largest absolute Gasteiger partial charge is 0.504 e. The zero-order valence-corrected chi connectivity index (χ0v) is 16.5. The van der Waals surface area contributed by atoms with Gasteiger partial charge in [-0.25, -0.2) is 0 Å². The molecule has 0 saturated heterocycles. The summed E-state index contributed by atoms with van der Waals surface area (Å²) in [4.78, 5) is 23.9. The van der Waals surface area contributed by atoms with E-state index in [-0.39, 0.29) is 17.8 Å². The van der Waals surface area contributed by atoms with Crippen LogP contribution in [-0.2, 0) is 14.3 Å². The first kappa shape index (κ1) is 21.7. The number of ether oxygens (including phenoxy) is 1. The lowest BCUT2D eigenvalue weighted by Gasteiger charge is -2.13. The van der Waals surface area contributed by atoms with Gasteiger partial charge in [0, 0.05) is 6.08 Å². The van der Waals surface area contributed by atoms with Crippen molar-refractivity contribution in [1.29, 1.82) is 0 Å². The zero-order chi connectivity index (χ0) is 19.7. The Balaban J connectivity index is 2.58. The highest BCUT2D eigenvalue weighted by atomic mass is 16.5. The van der Waals surface area contributed by atoms with Gasteiger partial charge in [0.25, 0.3) is 0 Å². The molecular formula is C22H30O4. The molecule has 0 aromatic heterocycles. The number of allylic oxidation sites excluding steroid dienone is 8. The van der Waals surface area contributed by atoms with Crippen molar-refractivity contribution in [3.63, 3.8) is 0 Å². The Morgan fingerprint density at radius 1 is 1.00 bits per heavy atom. The highest BCUT2D eigenvalue weighted by Gasteiger charge is 2.28. The third kappa shape index (κ3) is 6.87. The number of aliphatic hydroxyl groups excluding tert-OH is 1. The predicted octanol–water partition coefficient (Wildman–Crippen LogP) is 5.29. The molecule has 0 radical (unpaired) electrons. The van der Waals surface area contributed by atoms with Crippen LogP contribution in [0.5, 0.6) is 0 Å². The van der Waals surface area contributed by atoms with Gasteiger partial charge in [-0.3, -0.25) is 9.59 Å². The van der Waals surface area contributed by atoms with Crippen molar-refractivity contribution in [3.05, 3.63) is 58.1 Å². The molecule has 0 heterocycles. The smallest absolute Gasteiger partial charge is 0.227 e. The number of ketones is 2. The second kappa shape index (κ2) is 10.6. The molecular weight excluding hydrogens is 328 g/mol. The van der Waals surface area contributed by atoms with E-state index in [0.717, 1.165) is 37.3 Å². The van der Waals surface area contributed by atoms with Gasteiger partial charge >= 0.3 is 0 Å². The summed E-state index contributed by atoms with van der Waals surface area (Å²) in [5, 5.41) is 9.87. The summed E-state index contributed by atoms with van der Waals surface area (Å²) in [6, 6.07) is 0. The Labute approximate surface area is 156 Å². The lowest BCUT2D eigenvalue weighted by molar-refractivity contribution is -0.119. The maximum atomic E-state index is 12.2. The van der Waals surface area contributed by atoms with Crippen LogP contribution in [0, 0.1) is 0 Å². The van der Waals surface area contributed by atoms with E-state index in [4.69, 9.17) is 4.74 Å². The van der Waals surface area contributed by atoms with Gasteiger partial charge in [-0.2, -0.15) is 0 Å². The maximum Gasteiger partial charge on any atom is 0.227 e. The third-order valence-corrected chi connectivity index (χ3v) is 4.28. The second-order valence-corrected chi connectivity index (χ2v) is 6.90. The van der Waals surface area contributed by atoms with E-state index in [1.807, 2.05) is 13.0 Å². The molecule has 1 rings (SSSR count). The summed E-state index contributed by atoms with van der Waals surface area (Å²) in [5.41, 5.74) is 3.93. The van der Waals surface area contributed by atoms with Crippen LogP contribution in [0.4, 0.5) is 0 Å². The van der Waals surface area contributed by atoms with Crippen molar-refractivity contribution >= 4 is 11.6 Å². The first-order valence-corrected chi connectivity index (χ1v) is 8.97. The van der Waals surface area contributed by atoms with Crippen molar-refractivity contribution in [2.45, 2.75) is 59.8 Å². The summed E-state index contributed by atoms with van der Waals surface area (Å²) in [6.07, 6.45) is 11.6. The number of aliphatic hydroxyl groups is 1. The number of methoxy groups -OCH3 is 1. The van der Waals surface area contributed by atoms with Crippen LogP contribution in [0.3, 0.4) is 0 Å². The zero-order valence-electron chi connectivity index (χ0n) is 16.5. The Hall–Kier alpha value is -2.36. The Morgan fingerprint density at radius 3 is 2.15 bits per heavy atom. The van der Waals surface area contributed by atoms with Crippen LogP contribution in [0.1, 0.15) is 59.8 Å². The summed E-state index contributed by atoms with van der Waals surface area (Å²) in [7, 11) is 1.34. The van der Waals surface area contributed by atoms with Gasteiger partial charge in [0.2, 0.25) is 11.6 Å². The van der Waals surface area contributed by atoms with Crippen molar-refractivity contribution in [1.82, 2.24) is 0 Å². The van der Waals surface area contributed by atoms with E-state index < -0.39 is 17.3 Å². The van der Waals surface area contributed by atoms with Crippen LogP contribution in [0.25, 0.3) is 0 Å². The Bertz CT molecular complexity index is 696. The molecule has 0 spiro atoms. The van der Waals surface area contributed by atoms with E-state index >= 15 is 0 Å². The third-order valence-electron chi connectivity index (χ3n) is 4.28. The predicted molar refractivity (Wildman–Crippen MR) is 105 cm³/mol. The summed E-state index contributed by atoms with van der Waals surface area (Å²) in [5.74, 6) is -1.51. The summed E-state index contributed by atoms with van der Waals surface area (Å²) >= 11 is 0. The van der Waals surface area contributed by atoms with Crippen LogP contribution >= 0.6 is 0 Å². The van der Waals surface area contributed by atoms with E-state index in [1.54, 1.807) is 0 Å². The minimum Gasteiger partial charge on any atom is -0.504 e. The number of hydrogen-bond donors (Lipinski definition) is 1. The van der Waals surface area contributed by atoms with Gasteiger partial charge in [0.05, 0.1) is 12.7 Å². The molecule has 4 heteroatoms. The summed E-state index contributed by atoms with van der Waals surface area (Å²) < 4.78 is 4.91. The molecule has 1 aliphatic carbocycles. The Kier molecular flexibility index (Phi) is 8.83. The fourth-order valence-corrected chi connectivity index (χ4v) is 2.61. The SMILES string of the molecule is COC1=CC(=O)C(O)=C(C/C=C(\C)CC/C=C(\C)CCC=C(C)C)C1=O. The molecule has 0 amide bonds. The average Bonchev–Trinajstić information content (AvgIpc) is 2.57. The van der Waals surface area contributed by atoms with E-state index in [2.05, 4.69) is 32.9 Å². The van der Waals surface area contributed by atoms with Crippen LogP contribution in [-0.4, -0.2) is 23.8 Å². The molecule has 0 aromatic rings. The van der Waals surface area contributed by atoms with Gasteiger partial charge < -0.3 is 9.84 Å². The first-order chi connectivity index (χ1) is 12.3. The molecule has 1 aliphatic rings. The molecule has 4 nitrogen and oxygen atoms in total. The fourth-order valence-electron chi connectivity index (χ4n) is 2.61. The molecule has 0 aromatic carbocycles. The van der Waals surface area contributed by atoms with E-state index in [9.17, 15) is 14.7 Å². The number of Topliss-reactive ketones (excluding diaryl/α,β-unsaturated/α-hetero) is 1. The molecule has 142 valence electrons. The van der Waals surface area contributed by atoms with Crippen molar-refractivity contribution < 1.29 is 19.4 Å². The van der Waals surface area contributed by atoms with Gasteiger partial charge in [-0.1, -0.05) is 34.9 Å². The highest BCUT2D eigenvalue weighted by Crippen LogP contribution is 2.22. The highest BCUT2D eigenvalue weighted by molar-refractivity contribution is 6.20. The minimum atomic E-state index is -0.586. The Morgan fingerprint density at radius 2 is 1.58 bits per heavy atom. The molecule has 0 saturated carbocycles. The normalized spacial score (nSPS) is 16.0. The molecule has 26 heavy (non-hydrogen) atoms. The van der Waals surface area contributed by atoms with Gasteiger partial charge in [-0.05, 0) is 59.8 Å². The van der Waals surface area contributed by atoms with Crippen LogP contribution in [0.2, 0.25) is 0 Å². The molecule has 0 unspecified atom stereocenters. The number of rotatable bonds is 9. The molecule has 1 N–H and O–H groups in total. The maximum absolute atomic E-state index is 12.2. The second-order valence-electron chi connectivity index (χ2n) is 6.90. The molecule has 0 bridgehead atoms. The monoisotopic (exact) mass is 358 g/mol. The van der Waals surface area contributed by atoms with Gasteiger partial charge in [-0.15, -0.1) is 0 Å². The number of carbonyl (C=O) groups is 2. The molecule has 0 atom stereocenters. The fraction of sp³-hybridized carbons (Fsp3) is 0.455. The quantitative estimate of drug-likeness (QED) is 0.449. The topological polar surface area (TPSA) is 63.6 Å². The van der Waals surface area contributed by atoms with Crippen molar-refractivity contribution in [3.8, 4) is 0 Å². The number of carbonyl (C=O) groups excluding carboxylic acids is 2. The van der Waals surface area contributed by atoms with E-state index in [0.29, 0.717) is 0 Å². The average molecular weight is 358 g/mol. The van der Waals surface area contributed by atoms with Crippen LogP contribution in [0.15, 0.2) is 58.1 Å². The van der Waals surface area contributed by atoms with E-state index in [1.165, 1.54) is 18.3 Å². The van der Waals surface area contributed by atoms with Crippen molar-refractivity contribution in [2.24, 2.45) is 0 Å². The lowest BCUT2D eigenvalue weighted by atomic mass is 9.96. The first-order valence-electron chi connectivity index (χ1n) is 8.97. The van der Waals surface area contributed by atoms with Crippen molar-refractivity contribution in [2.75, 3.05) is 7.11 Å².